The topological polar surface area (TPSA) is 117 Å². The minimum absolute atomic E-state index is 0.241. The van der Waals surface area contributed by atoms with Gasteiger partial charge in [0.1, 0.15) is 0 Å². The van der Waals surface area contributed by atoms with E-state index in [0.717, 1.165) is 24.2 Å². The van der Waals surface area contributed by atoms with Gasteiger partial charge >= 0.3 is 0 Å². The van der Waals surface area contributed by atoms with E-state index in [-0.39, 0.29) is 11.7 Å². The number of para-hydroxylation sites is 1. The normalized spacial score (nSPS) is 13.0. The molecular weight excluding hydrogens is 292 g/mol. The Hall–Kier alpha value is -3.22. The van der Waals surface area contributed by atoms with Crippen LogP contribution in [0.25, 0.3) is 29.1 Å². The van der Waals surface area contributed by atoms with E-state index < -0.39 is 0 Å². The first kappa shape index (κ1) is 13.4. The zero-order valence-electron chi connectivity index (χ0n) is 12.2. The van der Waals surface area contributed by atoms with Crippen molar-refractivity contribution in [3.63, 3.8) is 0 Å². The van der Waals surface area contributed by atoms with Gasteiger partial charge in [-0.05, 0) is 31.1 Å². The number of hydrogen-bond acceptors (Lipinski definition) is 7. The van der Waals surface area contributed by atoms with E-state index >= 15 is 0 Å². The molecule has 7 heteroatoms. The average Bonchev–Trinajstić information content (AvgIpc) is 3.04. The van der Waals surface area contributed by atoms with E-state index in [1.807, 2.05) is 24.3 Å². The minimum atomic E-state index is 0.241. The number of allylic oxidation sites excluding steroid dienone is 1. The Morgan fingerprint density at radius 2 is 1.83 bits per heavy atom. The van der Waals surface area contributed by atoms with Gasteiger partial charge in [0.25, 0.3) is 5.89 Å². The molecule has 0 atom stereocenters. The van der Waals surface area contributed by atoms with E-state index in [1.165, 1.54) is 0 Å². The second-order valence-electron chi connectivity index (χ2n) is 5.23. The van der Waals surface area contributed by atoms with Gasteiger partial charge in [-0.1, -0.05) is 18.2 Å². The lowest BCUT2D eigenvalue weighted by Crippen LogP contribution is -2.07. The van der Waals surface area contributed by atoms with Crippen molar-refractivity contribution >= 4 is 17.6 Å². The highest BCUT2D eigenvalue weighted by molar-refractivity contribution is 5.71. The third kappa shape index (κ3) is 2.32. The number of rotatable bonds is 2. The molecule has 3 aromatic rings. The number of nitrogens with two attached hydrogens (primary N) is 2. The van der Waals surface area contributed by atoms with Crippen LogP contribution >= 0.6 is 0 Å². The monoisotopic (exact) mass is 306 g/mol. The van der Waals surface area contributed by atoms with Gasteiger partial charge in [0.05, 0.1) is 17.0 Å². The Balaban J connectivity index is 1.78. The summed E-state index contributed by atoms with van der Waals surface area (Å²) in [5, 5.41) is 8.08. The molecule has 7 nitrogen and oxygen atoms in total. The maximum Gasteiger partial charge on any atom is 0.270 e. The lowest BCUT2D eigenvalue weighted by atomic mass is 10.1. The Morgan fingerprint density at radius 3 is 2.70 bits per heavy atom. The molecule has 114 valence electrons. The van der Waals surface area contributed by atoms with Crippen LogP contribution in [0.15, 0.2) is 34.8 Å². The standard InChI is InChI=1S/C16H14N6O/c17-10-6-2-1-5-9(10)15-21-22-16(23-15)13-14(18)20-12-8-4-3-7-11(12)19-13/h1-2,4-6,8H,3,7,17H2,(H2,18,20). The lowest BCUT2D eigenvalue weighted by molar-refractivity contribution is 0.582. The van der Waals surface area contributed by atoms with Gasteiger partial charge in [-0.25, -0.2) is 9.97 Å². The van der Waals surface area contributed by atoms with E-state index in [1.54, 1.807) is 6.07 Å². The van der Waals surface area contributed by atoms with Crippen molar-refractivity contribution in [2.75, 3.05) is 11.5 Å². The van der Waals surface area contributed by atoms with Crippen LogP contribution in [0, 0.1) is 0 Å². The van der Waals surface area contributed by atoms with Crippen LogP contribution in [-0.4, -0.2) is 20.2 Å². The number of nitrogens with zero attached hydrogens (tertiary/aromatic N) is 4. The third-order valence-electron chi connectivity index (χ3n) is 3.67. The number of aryl methyl sites for hydroxylation is 1. The Labute approximate surface area is 132 Å². The molecule has 0 saturated heterocycles. The van der Waals surface area contributed by atoms with Crippen molar-refractivity contribution in [2.45, 2.75) is 12.8 Å². The molecule has 1 aromatic carbocycles. The highest BCUT2D eigenvalue weighted by Crippen LogP contribution is 2.30. The number of benzene rings is 1. The third-order valence-corrected chi connectivity index (χ3v) is 3.67. The maximum absolute atomic E-state index is 5.99. The van der Waals surface area contributed by atoms with Crippen molar-refractivity contribution in [3.05, 3.63) is 41.7 Å². The molecule has 0 fully saturated rings. The van der Waals surface area contributed by atoms with Crippen molar-refractivity contribution in [3.8, 4) is 23.0 Å². The smallest absolute Gasteiger partial charge is 0.270 e. The minimum Gasteiger partial charge on any atom is -0.414 e. The molecule has 1 aliphatic rings. The Bertz CT molecular complexity index is 915. The maximum atomic E-state index is 5.99. The summed E-state index contributed by atoms with van der Waals surface area (Å²) in [5.74, 6) is 0.842. The van der Waals surface area contributed by atoms with Gasteiger partial charge in [-0.2, -0.15) is 0 Å². The molecule has 1 aliphatic carbocycles. The molecule has 0 radical (unpaired) electrons. The summed E-state index contributed by atoms with van der Waals surface area (Å²) in [6, 6.07) is 7.30. The fourth-order valence-electron chi connectivity index (χ4n) is 2.51. The van der Waals surface area contributed by atoms with Gasteiger partial charge in [0.2, 0.25) is 5.89 Å². The molecule has 0 bridgehead atoms. The average molecular weight is 306 g/mol. The first-order valence-electron chi connectivity index (χ1n) is 7.24. The van der Waals surface area contributed by atoms with Gasteiger partial charge in [-0.3, -0.25) is 0 Å². The van der Waals surface area contributed by atoms with E-state index in [9.17, 15) is 0 Å². The van der Waals surface area contributed by atoms with E-state index in [2.05, 4.69) is 26.2 Å². The Morgan fingerprint density at radius 1 is 1.00 bits per heavy atom. The molecule has 4 N–H and O–H groups in total. The SMILES string of the molecule is Nc1ccccc1-c1nnc(-c2nc3c(nc2N)C=CCC3)o1. The molecule has 2 aromatic heterocycles. The van der Waals surface area contributed by atoms with Crippen molar-refractivity contribution in [1.82, 2.24) is 20.2 Å². The molecule has 0 saturated carbocycles. The van der Waals surface area contributed by atoms with Gasteiger partial charge in [0, 0.05) is 5.69 Å². The fourth-order valence-corrected chi connectivity index (χ4v) is 2.51. The number of nitrogen functional groups attached to an aromatic ring is 2. The van der Waals surface area contributed by atoms with Crippen LogP contribution in [0.3, 0.4) is 0 Å². The highest BCUT2D eigenvalue weighted by atomic mass is 16.4. The first-order valence-corrected chi connectivity index (χ1v) is 7.24. The quantitative estimate of drug-likeness (QED) is 0.698. The molecule has 0 amide bonds. The molecule has 23 heavy (non-hydrogen) atoms. The first-order chi connectivity index (χ1) is 11.2. The van der Waals surface area contributed by atoms with Crippen LogP contribution in [0.2, 0.25) is 0 Å². The van der Waals surface area contributed by atoms with Crippen LogP contribution in [0.4, 0.5) is 11.5 Å². The van der Waals surface area contributed by atoms with Crippen molar-refractivity contribution in [1.29, 1.82) is 0 Å². The number of anilines is 2. The summed E-state index contributed by atoms with van der Waals surface area (Å²) in [5.41, 5.74) is 15.3. The number of hydrogen-bond donors (Lipinski definition) is 2. The lowest BCUT2D eigenvalue weighted by Gasteiger charge is -2.10. The fraction of sp³-hybridized carbons (Fsp3) is 0.125. The molecule has 4 rings (SSSR count). The number of fused-ring (bicyclic) bond motifs is 1. The molecule has 0 unspecified atom stereocenters. The van der Waals surface area contributed by atoms with E-state index in [0.29, 0.717) is 22.8 Å². The van der Waals surface area contributed by atoms with Crippen molar-refractivity contribution < 1.29 is 4.42 Å². The molecular formula is C16H14N6O. The van der Waals surface area contributed by atoms with Crippen LogP contribution in [0.1, 0.15) is 17.8 Å². The zero-order chi connectivity index (χ0) is 15.8. The van der Waals surface area contributed by atoms with E-state index in [4.69, 9.17) is 15.9 Å². The summed E-state index contributed by atoms with van der Waals surface area (Å²) in [7, 11) is 0. The summed E-state index contributed by atoms with van der Waals surface area (Å²) in [6.07, 6.45) is 5.73. The van der Waals surface area contributed by atoms with Gasteiger partial charge in [0.15, 0.2) is 11.5 Å². The summed E-state index contributed by atoms with van der Waals surface area (Å²) in [6.45, 7) is 0. The van der Waals surface area contributed by atoms with Crippen LogP contribution in [-0.2, 0) is 6.42 Å². The summed E-state index contributed by atoms with van der Waals surface area (Å²) in [4.78, 5) is 8.91. The van der Waals surface area contributed by atoms with Gasteiger partial charge in [-0.15, -0.1) is 10.2 Å². The molecule has 0 spiro atoms. The molecule has 2 heterocycles. The summed E-state index contributed by atoms with van der Waals surface area (Å²) < 4.78 is 5.71. The predicted octanol–water partition coefficient (Wildman–Crippen LogP) is 2.32. The van der Waals surface area contributed by atoms with Gasteiger partial charge < -0.3 is 15.9 Å². The predicted molar refractivity (Wildman–Crippen MR) is 86.9 cm³/mol. The second-order valence-corrected chi connectivity index (χ2v) is 5.23. The van der Waals surface area contributed by atoms with Crippen molar-refractivity contribution in [2.24, 2.45) is 0 Å². The number of aromatic nitrogens is 4. The van der Waals surface area contributed by atoms with Crippen LogP contribution in [0.5, 0.6) is 0 Å². The van der Waals surface area contributed by atoms with Crippen LogP contribution < -0.4 is 11.5 Å². The molecule has 0 aliphatic heterocycles. The second kappa shape index (κ2) is 5.20. The highest BCUT2D eigenvalue weighted by Gasteiger charge is 2.19. The largest absolute Gasteiger partial charge is 0.414 e. The zero-order valence-corrected chi connectivity index (χ0v) is 12.2. The summed E-state index contributed by atoms with van der Waals surface area (Å²) >= 11 is 0. The Kier molecular flexibility index (Phi) is 3.04.